The van der Waals surface area contributed by atoms with Crippen LogP contribution in [0.3, 0.4) is 0 Å². The highest BCUT2D eigenvalue weighted by Gasteiger charge is 2.30. The molecule has 1 saturated carbocycles. The standard InChI is InChI=1S/C31H33N9O2/c1-19-9-10-20(16-33-19)17-34-31(42)26-18-40(39-37-26)13-4-3-8-24-15-25-27(22-6-5-7-23(14-22)30(41)32-2)28(21-11-12-21)35-29(25)38-36-24/h5-7,9-10,14-16,18,21H,3-4,8,11-13,17H2,1-2H3,(H,32,41)(H,34,42)(H,35,38). The molecule has 42 heavy (non-hydrogen) atoms. The minimum absolute atomic E-state index is 0.106. The fraction of sp³-hybridized carbons (Fsp3) is 0.323. The first-order valence-corrected chi connectivity index (χ1v) is 14.3. The van der Waals surface area contributed by atoms with Crippen molar-refractivity contribution in [2.75, 3.05) is 7.05 Å². The normalized spacial score (nSPS) is 12.9. The monoisotopic (exact) mass is 563 g/mol. The number of pyridine rings is 1. The number of amides is 2. The summed E-state index contributed by atoms with van der Waals surface area (Å²) in [6.45, 7) is 2.95. The molecular weight excluding hydrogens is 530 g/mol. The molecule has 5 aromatic rings. The molecule has 0 spiro atoms. The lowest BCUT2D eigenvalue weighted by Gasteiger charge is -2.07. The molecule has 0 unspecified atom stereocenters. The van der Waals surface area contributed by atoms with Crippen molar-refractivity contribution in [1.29, 1.82) is 0 Å². The highest BCUT2D eigenvalue weighted by atomic mass is 16.2. The van der Waals surface area contributed by atoms with E-state index in [9.17, 15) is 9.59 Å². The van der Waals surface area contributed by atoms with Crippen LogP contribution < -0.4 is 10.6 Å². The van der Waals surface area contributed by atoms with E-state index in [-0.39, 0.29) is 11.8 Å². The Labute approximate surface area is 243 Å². The summed E-state index contributed by atoms with van der Waals surface area (Å²) < 4.78 is 1.70. The van der Waals surface area contributed by atoms with Gasteiger partial charge < -0.3 is 15.6 Å². The van der Waals surface area contributed by atoms with Crippen LogP contribution in [0, 0.1) is 6.92 Å². The molecule has 0 aliphatic heterocycles. The second-order valence-electron chi connectivity index (χ2n) is 10.8. The Balaban J connectivity index is 1.08. The van der Waals surface area contributed by atoms with Gasteiger partial charge in [0.05, 0.1) is 11.9 Å². The second-order valence-corrected chi connectivity index (χ2v) is 10.8. The number of nitrogens with one attached hydrogen (secondary N) is 3. The van der Waals surface area contributed by atoms with Gasteiger partial charge in [-0.3, -0.25) is 19.3 Å². The van der Waals surface area contributed by atoms with E-state index in [2.05, 4.69) is 47.2 Å². The quantitative estimate of drug-likeness (QED) is 0.205. The predicted molar refractivity (Wildman–Crippen MR) is 158 cm³/mol. The lowest BCUT2D eigenvalue weighted by molar-refractivity contribution is 0.0942. The van der Waals surface area contributed by atoms with Crippen molar-refractivity contribution < 1.29 is 9.59 Å². The van der Waals surface area contributed by atoms with E-state index in [0.29, 0.717) is 30.3 Å². The topological polar surface area (TPSA) is 143 Å². The van der Waals surface area contributed by atoms with Crippen molar-refractivity contribution in [3.05, 3.63) is 88.8 Å². The Morgan fingerprint density at radius 2 is 1.93 bits per heavy atom. The van der Waals surface area contributed by atoms with Gasteiger partial charge in [-0.1, -0.05) is 23.4 Å². The number of H-pyrrole nitrogens is 1. The summed E-state index contributed by atoms with van der Waals surface area (Å²) in [5, 5.41) is 23.7. The maximum atomic E-state index is 12.5. The van der Waals surface area contributed by atoms with Gasteiger partial charge in [0.25, 0.3) is 11.8 Å². The number of carbonyl (C=O) groups is 2. The van der Waals surface area contributed by atoms with E-state index in [1.807, 2.05) is 43.3 Å². The predicted octanol–water partition coefficient (Wildman–Crippen LogP) is 4.11. The summed E-state index contributed by atoms with van der Waals surface area (Å²) >= 11 is 0. The third-order valence-electron chi connectivity index (χ3n) is 7.53. The van der Waals surface area contributed by atoms with E-state index in [4.69, 9.17) is 0 Å². The Bertz CT molecular complexity index is 1740. The lowest BCUT2D eigenvalue weighted by Crippen LogP contribution is -2.23. The van der Waals surface area contributed by atoms with Crippen molar-refractivity contribution in [3.63, 3.8) is 0 Å². The molecule has 214 valence electrons. The molecule has 2 amide bonds. The van der Waals surface area contributed by atoms with Crippen LogP contribution in [-0.4, -0.2) is 54.0 Å². The zero-order valence-electron chi connectivity index (χ0n) is 23.7. The number of unbranched alkanes of at least 4 members (excludes halogenated alkanes) is 1. The summed E-state index contributed by atoms with van der Waals surface area (Å²) in [7, 11) is 1.64. The molecule has 0 saturated heterocycles. The SMILES string of the molecule is CNC(=O)c1cccc(-c2c(C3CC3)[nH]c3nnc(CCCCn4cc(C(=O)NCc5ccc(C)nc5)nn4)cc23)c1. The third kappa shape index (κ3) is 6.04. The van der Waals surface area contributed by atoms with Gasteiger partial charge in [0, 0.05) is 54.2 Å². The maximum absolute atomic E-state index is 12.5. The van der Waals surface area contributed by atoms with Crippen LogP contribution >= 0.6 is 0 Å². The molecule has 6 rings (SSSR count). The van der Waals surface area contributed by atoms with Crippen LogP contribution in [0.5, 0.6) is 0 Å². The molecule has 0 radical (unpaired) electrons. The minimum Gasteiger partial charge on any atom is -0.355 e. The number of carbonyl (C=O) groups excluding carboxylic acids is 2. The highest BCUT2D eigenvalue weighted by molar-refractivity contribution is 5.99. The van der Waals surface area contributed by atoms with Crippen molar-refractivity contribution in [1.82, 2.24) is 45.8 Å². The van der Waals surface area contributed by atoms with Crippen molar-refractivity contribution in [2.24, 2.45) is 0 Å². The number of hydrogen-bond donors (Lipinski definition) is 3. The van der Waals surface area contributed by atoms with Crippen molar-refractivity contribution in [2.45, 2.75) is 58.0 Å². The number of aryl methyl sites for hydroxylation is 3. The molecule has 11 heteroatoms. The number of rotatable bonds is 11. The van der Waals surface area contributed by atoms with E-state index < -0.39 is 0 Å². The number of hydrogen-bond acceptors (Lipinski definition) is 7. The Kier molecular flexibility index (Phi) is 7.72. The second kappa shape index (κ2) is 11.9. The molecule has 1 aliphatic carbocycles. The molecule has 0 bridgehead atoms. The van der Waals surface area contributed by atoms with Gasteiger partial charge in [0.1, 0.15) is 0 Å². The number of aromatic amines is 1. The highest BCUT2D eigenvalue weighted by Crippen LogP contribution is 2.46. The van der Waals surface area contributed by atoms with E-state index >= 15 is 0 Å². The first kappa shape index (κ1) is 27.3. The van der Waals surface area contributed by atoms with Crippen LogP contribution in [0.25, 0.3) is 22.2 Å². The summed E-state index contributed by atoms with van der Waals surface area (Å²) in [6.07, 6.45) is 8.20. The van der Waals surface area contributed by atoms with Crippen LogP contribution in [0.4, 0.5) is 0 Å². The number of benzene rings is 1. The zero-order valence-corrected chi connectivity index (χ0v) is 23.7. The van der Waals surface area contributed by atoms with E-state index in [1.165, 1.54) is 5.69 Å². The minimum atomic E-state index is -0.265. The summed E-state index contributed by atoms with van der Waals surface area (Å²) in [5.41, 5.74) is 7.75. The molecule has 4 heterocycles. The lowest BCUT2D eigenvalue weighted by atomic mass is 9.98. The third-order valence-corrected chi connectivity index (χ3v) is 7.53. The fourth-order valence-electron chi connectivity index (χ4n) is 5.09. The van der Waals surface area contributed by atoms with Gasteiger partial charge in [-0.15, -0.1) is 10.2 Å². The van der Waals surface area contributed by atoms with E-state index in [0.717, 1.165) is 71.2 Å². The molecule has 3 N–H and O–H groups in total. The summed E-state index contributed by atoms with van der Waals surface area (Å²) in [6, 6.07) is 13.7. The maximum Gasteiger partial charge on any atom is 0.273 e. The van der Waals surface area contributed by atoms with Gasteiger partial charge in [0.15, 0.2) is 11.3 Å². The first-order valence-electron chi connectivity index (χ1n) is 14.3. The summed E-state index contributed by atoms with van der Waals surface area (Å²) in [4.78, 5) is 32.5. The smallest absolute Gasteiger partial charge is 0.273 e. The van der Waals surface area contributed by atoms with Crippen LogP contribution in [0.2, 0.25) is 0 Å². The van der Waals surface area contributed by atoms with Crippen LogP contribution in [0.1, 0.15) is 75.1 Å². The number of fused-ring (bicyclic) bond motifs is 1. The number of nitrogens with zero attached hydrogens (tertiary/aromatic N) is 6. The largest absolute Gasteiger partial charge is 0.355 e. The molecule has 11 nitrogen and oxygen atoms in total. The van der Waals surface area contributed by atoms with Gasteiger partial charge in [-0.25, -0.2) is 0 Å². The van der Waals surface area contributed by atoms with Gasteiger partial charge in [-0.2, -0.15) is 5.10 Å². The Morgan fingerprint density at radius 1 is 1.05 bits per heavy atom. The van der Waals surface area contributed by atoms with Crippen LogP contribution in [-0.2, 0) is 19.5 Å². The molecule has 1 fully saturated rings. The van der Waals surface area contributed by atoms with Gasteiger partial charge in [0.2, 0.25) is 0 Å². The van der Waals surface area contributed by atoms with Crippen molar-refractivity contribution in [3.8, 4) is 11.1 Å². The number of aromatic nitrogens is 7. The Morgan fingerprint density at radius 3 is 2.71 bits per heavy atom. The average Bonchev–Trinajstić information content (AvgIpc) is 3.63. The Hall–Kier alpha value is -4.93. The van der Waals surface area contributed by atoms with Gasteiger partial charge >= 0.3 is 0 Å². The average molecular weight is 564 g/mol. The molecule has 4 aromatic heterocycles. The molecule has 1 aromatic carbocycles. The zero-order chi connectivity index (χ0) is 29.1. The van der Waals surface area contributed by atoms with E-state index in [1.54, 1.807) is 24.1 Å². The molecular formula is C31H33N9O2. The fourth-order valence-corrected chi connectivity index (χ4v) is 5.09. The summed E-state index contributed by atoms with van der Waals surface area (Å²) in [5.74, 6) is 0.111. The molecule has 1 aliphatic rings. The van der Waals surface area contributed by atoms with Gasteiger partial charge in [-0.05, 0) is 80.3 Å². The van der Waals surface area contributed by atoms with Crippen molar-refractivity contribution >= 4 is 22.8 Å². The van der Waals surface area contributed by atoms with Crippen LogP contribution in [0.15, 0.2) is 54.9 Å². The molecule has 0 atom stereocenters. The first-order chi connectivity index (χ1) is 20.5.